The number of aliphatic hydroxyl groups is 1. The van der Waals surface area contributed by atoms with Gasteiger partial charge in [0.15, 0.2) is 0 Å². The molecule has 0 spiro atoms. The van der Waals surface area contributed by atoms with Crippen LogP contribution in [0.5, 0.6) is 5.75 Å². The van der Waals surface area contributed by atoms with E-state index in [4.69, 9.17) is 17.2 Å². The molecule has 1 aliphatic rings. The van der Waals surface area contributed by atoms with E-state index in [2.05, 4.69) is 59.8 Å². The van der Waals surface area contributed by atoms with Crippen LogP contribution in [0.25, 0.3) is 10.9 Å². The van der Waals surface area contributed by atoms with Crippen molar-refractivity contribution in [2.75, 3.05) is 31.1 Å². The van der Waals surface area contributed by atoms with Crippen LogP contribution < -0.4 is 65.1 Å². The summed E-state index contributed by atoms with van der Waals surface area (Å²) in [6.45, 7) is 2.56. The minimum Gasteiger partial charge on any atom is -0.508 e. The van der Waals surface area contributed by atoms with Gasteiger partial charge >= 0.3 is 0 Å². The average molecular weight is 1240 g/mol. The monoisotopic (exact) mass is 1240 g/mol. The van der Waals surface area contributed by atoms with Crippen molar-refractivity contribution in [3.8, 4) is 5.75 Å². The van der Waals surface area contributed by atoms with Crippen molar-refractivity contribution in [2.24, 2.45) is 17.2 Å². The highest BCUT2D eigenvalue weighted by Crippen LogP contribution is 2.26. The lowest BCUT2D eigenvalue weighted by molar-refractivity contribution is -0.135. The van der Waals surface area contributed by atoms with Crippen molar-refractivity contribution < 1.29 is 58.2 Å². The van der Waals surface area contributed by atoms with E-state index in [1.807, 2.05) is 18.2 Å². The van der Waals surface area contributed by atoms with E-state index in [1.54, 1.807) is 42.6 Å². The zero-order valence-corrected chi connectivity index (χ0v) is 50.9. The zero-order chi connectivity index (χ0) is 63.3. The number of fused-ring (bicyclic) bond motifs is 1. The fourth-order valence-electron chi connectivity index (χ4n) is 9.53. The maximum atomic E-state index is 14.9. The Hall–Kier alpha value is -7.72. The molecule has 474 valence electrons. The lowest BCUT2D eigenvalue weighted by atomic mass is 10.0. The number of aromatic hydroxyl groups is 1. The van der Waals surface area contributed by atoms with Gasteiger partial charge in [-0.1, -0.05) is 141 Å². The first-order valence-corrected chi connectivity index (χ1v) is 32.0. The van der Waals surface area contributed by atoms with E-state index in [1.165, 1.54) is 56.9 Å². The number of carbonyl (C=O) groups excluding carboxylic acids is 10. The molecule has 1 aliphatic heterocycles. The molecule has 10 amide bonds. The number of H-pyrrole nitrogens is 1. The summed E-state index contributed by atoms with van der Waals surface area (Å²) in [5.41, 5.74) is 19.5. The SMILES string of the molecule is CCCCCCCCCCC(N)C(=O)NCC(=O)NCC(=O)N[C@H](Cc1ccccc1)C(=O)N[C@H]1CSSC[C@@H](C(=O)N[C@H](C(N)=O)[C@@H](C)O)NC(=O)[C@H](CCCCN)NC(=O)[C@@H](Cc2c[nH]c3ccccc23)NC(=O)[C@H](c2ccc(O)cc2)NC1=O. The summed E-state index contributed by atoms with van der Waals surface area (Å²) in [5.74, 6) is -9.17. The third-order valence-corrected chi connectivity index (χ3v) is 16.9. The average Bonchev–Trinajstić information content (AvgIpc) is 3.20. The number of hydrogen-bond donors (Lipinski definition) is 15. The van der Waals surface area contributed by atoms with E-state index < -0.39 is 127 Å². The molecular weight excluding hydrogens is 1160 g/mol. The predicted molar refractivity (Wildman–Crippen MR) is 333 cm³/mol. The van der Waals surface area contributed by atoms with Crippen molar-refractivity contribution >= 4 is 91.6 Å². The van der Waals surface area contributed by atoms with Crippen LogP contribution >= 0.6 is 21.6 Å². The summed E-state index contributed by atoms with van der Waals surface area (Å²) in [7, 11) is 1.91. The number of primary amides is 1. The van der Waals surface area contributed by atoms with Gasteiger partial charge in [-0.05, 0) is 74.0 Å². The number of para-hydroxylation sites is 1. The fraction of sp³-hybridized carbons (Fsp3) is 0.500. The van der Waals surface area contributed by atoms with E-state index in [9.17, 15) is 58.2 Å². The van der Waals surface area contributed by atoms with E-state index in [-0.39, 0.29) is 48.6 Å². The zero-order valence-electron chi connectivity index (χ0n) is 49.2. The highest BCUT2D eigenvalue weighted by Gasteiger charge is 2.36. The second-order valence-corrected chi connectivity index (χ2v) is 24.1. The number of nitrogens with one attached hydrogen (secondary N) is 10. The Bertz CT molecular complexity index is 2920. The molecule has 25 nitrogen and oxygen atoms in total. The first-order valence-electron chi connectivity index (χ1n) is 29.5. The quantitative estimate of drug-likeness (QED) is 0.0255. The van der Waals surface area contributed by atoms with E-state index in [0.717, 1.165) is 58.2 Å². The minimum atomic E-state index is -1.60. The number of hydrogen-bond acceptors (Lipinski definition) is 16. The molecule has 0 bridgehead atoms. The summed E-state index contributed by atoms with van der Waals surface area (Å²) in [6, 6.07) is 9.94. The highest BCUT2D eigenvalue weighted by molar-refractivity contribution is 8.76. The van der Waals surface area contributed by atoms with Gasteiger partial charge in [-0.15, -0.1) is 0 Å². The Balaban J connectivity index is 1.43. The van der Waals surface area contributed by atoms with Gasteiger partial charge < -0.3 is 80.2 Å². The number of unbranched alkanes of at least 4 members (excludes halogenated alkanes) is 8. The number of carbonyl (C=O) groups is 10. The smallest absolute Gasteiger partial charge is 0.247 e. The van der Waals surface area contributed by atoms with Gasteiger partial charge in [-0.3, -0.25) is 47.9 Å². The molecule has 4 aromatic rings. The number of phenols is 1. The molecule has 1 unspecified atom stereocenters. The maximum absolute atomic E-state index is 14.9. The summed E-state index contributed by atoms with van der Waals surface area (Å²) in [5, 5.41) is 44.9. The van der Waals surface area contributed by atoms with Crippen LogP contribution in [-0.4, -0.2) is 154 Å². The van der Waals surface area contributed by atoms with E-state index in [0.29, 0.717) is 30.4 Å². The first kappa shape index (κ1) is 70.0. The molecule has 2 heterocycles. The Morgan fingerprint density at radius 3 is 2.02 bits per heavy atom. The molecule has 1 aromatic heterocycles. The van der Waals surface area contributed by atoms with Gasteiger partial charge in [0, 0.05) is 41.4 Å². The van der Waals surface area contributed by atoms with Crippen molar-refractivity contribution in [3.05, 3.63) is 102 Å². The number of benzene rings is 3. The summed E-state index contributed by atoms with van der Waals surface area (Å²) >= 11 is 0. The Morgan fingerprint density at radius 1 is 0.690 bits per heavy atom. The Kier molecular flexibility index (Phi) is 29.9. The standard InChI is InChI=1S/C60H85N13O12S2/c1-3-4-5-6-7-8-9-13-21-42(62)54(79)66-32-49(76)65-33-50(77)67-45(29-37-18-11-10-12-19-37)56(81)71-48-35-87-86-34-47(58(83)72-51(36(2)74)53(63)78)70-55(80)44(23-16-17-28-61)68-57(82)46(30-39-31-64-43-22-15-14-20-41(39)43)69-60(85)52(73-59(48)84)38-24-26-40(75)27-25-38/h10-12,14-15,18-20,22,24-27,31,36,42,44-48,51-52,64,74-75H,3-9,13,16-17,21,23,28-30,32-35,61-62H2,1-2H3,(H2,63,78)(H,65,76)(H,66,79)(H,67,77)(H,68,82)(H,69,85)(H,70,80)(H,71,81)(H,72,83)(H,73,84)/t36-,42?,44+,45-,46-,47+,48+,51+,52+/m1/s1. The Morgan fingerprint density at radius 2 is 1.33 bits per heavy atom. The molecule has 0 saturated carbocycles. The lowest BCUT2D eigenvalue weighted by Gasteiger charge is -2.27. The second-order valence-electron chi connectivity index (χ2n) is 21.5. The molecule has 9 atom stereocenters. The van der Waals surface area contributed by atoms with Crippen LogP contribution in [0, 0.1) is 0 Å². The molecule has 27 heteroatoms. The fourth-order valence-corrected chi connectivity index (χ4v) is 11.9. The molecule has 1 saturated heterocycles. The molecule has 18 N–H and O–H groups in total. The molecule has 3 aromatic carbocycles. The lowest BCUT2D eigenvalue weighted by Crippen LogP contribution is -2.60. The van der Waals surface area contributed by atoms with Gasteiger partial charge in [0.1, 0.15) is 48.0 Å². The van der Waals surface area contributed by atoms with Gasteiger partial charge in [-0.25, -0.2) is 0 Å². The second kappa shape index (κ2) is 37.1. The van der Waals surface area contributed by atoms with Crippen molar-refractivity contribution in [2.45, 2.75) is 158 Å². The molecule has 87 heavy (non-hydrogen) atoms. The van der Waals surface area contributed by atoms with Crippen molar-refractivity contribution in [3.63, 3.8) is 0 Å². The van der Waals surface area contributed by atoms with Crippen LogP contribution in [0.3, 0.4) is 0 Å². The summed E-state index contributed by atoms with van der Waals surface area (Å²) < 4.78 is 0. The highest BCUT2D eigenvalue weighted by atomic mass is 33.1. The number of rotatable bonds is 30. The predicted octanol–water partition coefficient (Wildman–Crippen LogP) is 0.906. The summed E-state index contributed by atoms with van der Waals surface area (Å²) in [6.07, 6.45) is 9.82. The van der Waals surface area contributed by atoms with Gasteiger partial charge in [0.05, 0.1) is 25.2 Å². The third kappa shape index (κ3) is 23.8. The minimum absolute atomic E-state index is 0.0268. The number of phenolic OH excluding ortho intramolecular Hbond substituents is 1. The third-order valence-electron chi connectivity index (χ3n) is 14.5. The van der Waals surface area contributed by atoms with Crippen LogP contribution in [-0.2, 0) is 60.8 Å². The van der Waals surface area contributed by atoms with Gasteiger partial charge in [-0.2, -0.15) is 0 Å². The van der Waals surface area contributed by atoms with Crippen molar-refractivity contribution in [1.82, 2.24) is 52.8 Å². The van der Waals surface area contributed by atoms with Crippen LogP contribution in [0.1, 0.15) is 114 Å². The number of aromatic nitrogens is 1. The molecular formula is C60H85N13O12S2. The normalized spacial score (nSPS) is 19.3. The summed E-state index contributed by atoms with van der Waals surface area (Å²) in [4.78, 5) is 142. The number of aliphatic hydroxyl groups excluding tert-OH is 1. The number of aromatic amines is 1. The van der Waals surface area contributed by atoms with Gasteiger partial charge in [0.25, 0.3) is 0 Å². The number of nitrogens with two attached hydrogens (primary N) is 3. The topological polar surface area (TPSA) is 413 Å². The van der Waals surface area contributed by atoms with Crippen LogP contribution in [0.2, 0.25) is 0 Å². The molecule has 1 fully saturated rings. The molecule has 0 aliphatic carbocycles. The number of amides is 10. The van der Waals surface area contributed by atoms with E-state index >= 15 is 0 Å². The molecule has 0 radical (unpaired) electrons. The first-order chi connectivity index (χ1) is 41.8. The Labute approximate surface area is 514 Å². The molecule has 5 rings (SSSR count). The largest absolute Gasteiger partial charge is 0.508 e. The van der Waals surface area contributed by atoms with Crippen LogP contribution in [0.15, 0.2) is 85.1 Å². The van der Waals surface area contributed by atoms with Crippen molar-refractivity contribution in [1.29, 1.82) is 0 Å². The van der Waals surface area contributed by atoms with Crippen LogP contribution in [0.4, 0.5) is 0 Å². The van der Waals surface area contributed by atoms with Gasteiger partial charge in [0.2, 0.25) is 59.1 Å². The maximum Gasteiger partial charge on any atom is 0.247 e.